The molecule has 3 aromatic carbocycles. The molecule has 0 fully saturated rings. The molecule has 0 aliphatic heterocycles. The molecular weight excluding hydrogens is 497 g/mol. The number of imidazole rings is 1. The van der Waals surface area contributed by atoms with Gasteiger partial charge in [-0.3, -0.25) is 0 Å². The minimum Gasteiger partial charge on any atom is -0.332 e. The van der Waals surface area contributed by atoms with Gasteiger partial charge in [-0.15, -0.1) is 0 Å². The number of rotatable bonds is 6. The average Bonchev–Trinajstić information content (AvgIpc) is 3.55. The summed E-state index contributed by atoms with van der Waals surface area (Å²) in [7, 11) is 0. The quantitative estimate of drug-likeness (QED) is 0.263. The second-order valence-corrected chi connectivity index (χ2v) is 8.54. The molecule has 192 valence electrons. The molecule has 38 heavy (non-hydrogen) atoms. The van der Waals surface area contributed by atoms with Gasteiger partial charge in [0.1, 0.15) is 5.69 Å². The molecule has 0 saturated carbocycles. The molecule has 0 aliphatic rings. The summed E-state index contributed by atoms with van der Waals surface area (Å²) in [6, 6.07) is 18.7. The summed E-state index contributed by atoms with van der Waals surface area (Å²) in [6.07, 6.45) is -1.15. The third kappa shape index (κ3) is 5.72. The lowest BCUT2D eigenvalue weighted by Gasteiger charge is -2.14. The van der Waals surface area contributed by atoms with Crippen LogP contribution in [0.3, 0.4) is 0 Å². The van der Waals surface area contributed by atoms with E-state index in [2.05, 4.69) is 25.8 Å². The van der Waals surface area contributed by atoms with Gasteiger partial charge in [0.05, 0.1) is 17.6 Å². The molecule has 8 nitrogen and oxygen atoms in total. The number of alkyl halides is 3. The highest BCUT2D eigenvalue weighted by molar-refractivity contribution is 6.00. The molecule has 11 heteroatoms. The molecule has 0 unspecified atom stereocenters. The highest BCUT2D eigenvalue weighted by atomic mass is 19.4. The number of amides is 2. The maximum absolute atomic E-state index is 13.1. The number of aromatic nitrogens is 4. The van der Waals surface area contributed by atoms with Crippen molar-refractivity contribution in [3.8, 4) is 23.0 Å². The monoisotopic (exact) mass is 518 g/mol. The summed E-state index contributed by atoms with van der Waals surface area (Å²) in [6.45, 7) is 2.47. The zero-order valence-corrected chi connectivity index (χ0v) is 20.0. The van der Waals surface area contributed by atoms with Crippen molar-refractivity contribution in [1.82, 2.24) is 19.7 Å². The topological polar surface area (TPSA) is 97.9 Å². The third-order valence-electron chi connectivity index (χ3n) is 5.61. The number of nitrogens with one attached hydrogen (secondary N) is 2. The van der Waals surface area contributed by atoms with E-state index in [-0.39, 0.29) is 5.69 Å². The molecule has 2 heterocycles. The highest BCUT2D eigenvalue weighted by Gasteiger charge is 2.33. The van der Waals surface area contributed by atoms with Crippen molar-refractivity contribution in [3.63, 3.8) is 0 Å². The van der Waals surface area contributed by atoms with E-state index < -0.39 is 17.8 Å². The second kappa shape index (κ2) is 10.2. The first-order valence-corrected chi connectivity index (χ1v) is 11.5. The SMILES string of the molecule is Cc1cccc(-c2noc(-c3cn(Cc4ccc(NC(=O)Nc5ccccc5C(F)(F)F)cc4)cn3)n2)c1. The number of hydrogen-bond donors (Lipinski definition) is 2. The number of aryl methyl sites for hydroxylation is 1. The van der Waals surface area contributed by atoms with E-state index in [1.54, 1.807) is 36.8 Å². The van der Waals surface area contributed by atoms with Crippen molar-refractivity contribution in [2.45, 2.75) is 19.6 Å². The Balaban J connectivity index is 1.20. The smallest absolute Gasteiger partial charge is 0.332 e. The van der Waals surface area contributed by atoms with Crippen LogP contribution in [-0.4, -0.2) is 25.7 Å². The molecule has 2 amide bonds. The van der Waals surface area contributed by atoms with Crippen molar-refractivity contribution >= 4 is 17.4 Å². The molecular formula is C27H21F3N6O2. The standard InChI is InChI=1S/C27H21F3N6O2/c1-17-5-4-6-19(13-17)24-34-25(38-35-24)23-15-36(16-31-23)14-18-9-11-20(12-10-18)32-26(37)33-22-8-3-2-7-21(22)27(28,29)30/h2-13,15-16H,14H2,1H3,(H2,32,33,37). The fraction of sp³-hybridized carbons (Fsp3) is 0.111. The summed E-state index contributed by atoms with van der Waals surface area (Å²) >= 11 is 0. The summed E-state index contributed by atoms with van der Waals surface area (Å²) < 4.78 is 46.7. The summed E-state index contributed by atoms with van der Waals surface area (Å²) in [5.41, 5.74) is 2.57. The summed E-state index contributed by atoms with van der Waals surface area (Å²) in [5, 5.41) is 8.83. The second-order valence-electron chi connectivity index (χ2n) is 8.54. The van der Waals surface area contributed by atoms with Crippen LogP contribution >= 0.6 is 0 Å². The molecule has 5 aromatic rings. The van der Waals surface area contributed by atoms with E-state index in [1.807, 2.05) is 35.8 Å². The van der Waals surface area contributed by atoms with Crippen molar-refractivity contribution in [3.05, 3.63) is 102 Å². The van der Waals surface area contributed by atoms with Gasteiger partial charge in [0.2, 0.25) is 5.82 Å². The van der Waals surface area contributed by atoms with E-state index in [0.29, 0.717) is 29.6 Å². The number of anilines is 2. The molecule has 0 spiro atoms. The average molecular weight is 518 g/mol. The Morgan fingerprint density at radius 3 is 2.55 bits per heavy atom. The Morgan fingerprint density at radius 1 is 1.00 bits per heavy atom. The van der Waals surface area contributed by atoms with Gasteiger partial charge in [0.15, 0.2) is 0 Å². The number of nitrogens with zero attached hydrogens (tertiary/aromatic N) is 4. The van der Waals surface area contributed by atoms with Gasteiger partial charge in [-0.05, 0) is 42.8 Å². The highest BCUT2D eigenvalue weighted by Crippen LogP contribution is 2.34. The Hall–Kier alpha value is -4.93. The van der Waals surface area contributed by atoms with Gasteiger partial charge in [0.25, 0.3) is 5.89 Å². The number of halogens is 3. The lowest BCUT2D eigenvalue weighted by atomic mass is 10.1. The first-order valence-electron chi connectivity index (χ1n) is 11.5. The van der Waals surface area contributed by atoms with Crippen LogP contribution in [0.15, 0.2) is 89.8 Å². The van der Waals surface area contributed by atoms with E-state index in [9.17, 15) is 18.0 Å². The van der Waals surface area contributed by atoms with Crippen molar-refractivity contribution < 1.29 is 22.5 Å². The van der Waals surface area contributed by atoms with Crippen molar-refractivity contribution in [2.24, 2.45) is 0 Å². The Bertz CT molecular complexity index is 1570. The van der Waals surface area contributed by atoms with Gasteiger partial charge < -0.3 is 19.7 Å². The molecule has 0 saturated heterocycles. The zero-order valence-electron chi connectivity index (χ0n) is 20.0. The minimum atomic E-state index is -4.58. The van der Waals surface area contributed by atoms with Gasteiger partial charge in [-0.1, -0.05) is 53.2 Å². The maximum Gasteiger partial charge on any atom is 0.418 e. The third-order valence-corrected chi connectivity index (χ3v) is 5.61. The summed E-state index contributed by atoms with van der Waals surface area (Å²) in [5.74, 6) is 0.783. The minimum absolute atomic E-state index is 0.304. The van der Waals surface area contributed by atoms with Crippen LogP contribution in [0.2, 0.25) is 0 Å². The Morgan fingerprint density at radius 2 is 1.79 bits per heavy atom. The van der Waals surface area contributed by atoms with Crippen LogP contribution in [0, 0.1) is 6.92 Å². The maximum atomic E-state index is 13.1. The lowest BCUT2D eigenvalue weighted by Crippen LogP contribution is -2.21. The lowest BCUT2D eigenvalue weighted by molar-refractivity contribution is -0.136. The van der Waals surface area contributed by atoms with E-state index in [4.69, 9.17) is 4.52 Å². The largest absolute Gasteiger partial charge is 0.418 e. The zero-order chi connectivity index (χ0) is 26.7. The van der Waals surface area contributed by atoms with E-state index in [0.717, 1.165) is 22.8 Å². The fourth-order valence-electron chi connectivity index (χ4n) is 3.81. The van der Waals surface area contributed by atoms with Crippen LogP contribution in [0.25, 0.3) is 23.0 Å². The molecule has 0 bridgehead atoms. The van der Waals surface area contributed by atoms with Gasteiger partial charge in [-0.25, -0.2) is 9.78 Å². The molecule has 0 aliphatic carbocycles. The predicted octanol–water partition coefficient (Wildman–Crippen LogP) is 6.62. The van der Waals surface area contributed by atoms with E-state index in [1.165, 1.54) is 18.2 Å². The van der Waals surface area contributed by atoms with Gasteiger partial charge in [-0.2, -0.15) is 18.2 Å². The predicted molar refractivity (Wildman–Crippen MR) is 135 cm³/mol. The van der Waals surface area contributed by atoms with Crippen LogP contribution in [0.1, 0.15) is 16.7 Å². The van der Waals surface area contributed by atoms with Crippen LogP contribution in [-0.2, 0) is 12.7 Å². The Kier molecular flexibility index (Phi) is 6.65. The van der Waals surface area contributed by atoms with E-state index >= 15 is 0 Å². The molecule has 0 atom stereocenters. The van der Waals surface area contributed by atoms with Gasteiger partial charge in [0, 0.05) is 24.0 Å². The normalized spacial score (nSPS) is 11.4. The molecule has 0 radical (unpaired) electrons. The molecule has 2 N–H and O–H groups in total. The first-order chi connectivity index (χ1) is 18.2. The Labute approximate surface area is 215 Å². The van der Waals surface area contributed by atoms with Gasteiger partial charge >= 0.3 is 12.2 Å². The van der Waals surface area contributed by atoms with Crippen molar-refractivity contribution in [1.29, 1.82) is 0 Å². The number of carbonyl (C=O) groups excluding carboxylic acids is 1. The van der Waals surface area contributed by atoms with Crippen molar-refractivity contribution in [2.75, 3.05) is 10.6 Å². The summed E-state index contributed by atoms with van der Waals surface area (Å²) in [4.78, 5) is 21.0. The van der Waals surface area contributed by atoms with Crippen LogP contribution < -0.4 is 10.6 Å². The van der Waals surface area contributed by atoms with Crippen LogP contribution in [0.4, 0.5) is 29.3 Å². The first kappa shape index (κ1) is 24.8. The number of para-hydroxylation sites is 1. The number of benzene rings is 3. The number of carbonyl (C=O) groups is 1. The number of urea groups is 1. The van der Waals surface area contributed by atoms with Crippen LogP contribution in [0.5, 0.6) is 0 Å². The fourth-order valence-corrected chi connectivity index (χ4v) is 3.81. The number of hydrogen-bond acceptors (Lipinski definition) is 5. The molecule has 5 rings (SSSR count). The molecule has 2 aromatic heterocycles.